The van der Waals surface area contributed by atoms with Crippen LogP contribution in [-0.4, -0.2) is 36.8 Å². The lowest BCUT2D eigenvalue weighted by Crippen LogP contribution is -2.53. The zero-order chi connectivity index (χ0) is 24.5. The first kappa shape index (κ1) is 24.3. The number of anilines is 2. The van der Waals surface area contributed by atoms with Crippen molar-refractivity contribution in [2.24, 2.45) is 16.4 Å². The number of amides is 2. The molecule has 1 heterocycles. The predicted molar refractivity (Wildman–Crippen MR) is 131 cm³/mol. The summed E-state index contributed by atoms with van der Waals surface area (Å²) in [5.41, 5.74) is -0.271. The fraction of sp³-hybridized carbons (Fsp3) is 0.304. The first-order valence-electron chi connectivity index (χ1n) is 10.6. The Morgan fingerprint density at radius 2 is 1.85 bits per heavy atom. The van der Waals surface area contributed by atoms with Crippen LogP contribution in [0.2, 0.25) is 15.1 Å². The molecule has 2 amide bonds. The van der Waals surface area contributed by atoms with Crippen molar-refractivity contribution in [1.82, 2.24) is 5.32 Å². The number of hydrogen-bond acceptors (Lipinski definition) is 6. The second-order valence-corrected chi connectivity index (χ2v) is 9.20. The number of carbonyl (C=O) groups excluding carboxylic acids is 3. The molecule has 11 heteroatoms. The SMILES string of the molecule is CCOC(=O)C1C=NN(c2cccc(Cl)c2)C1NC(=O)C1(C(=O)Nc2ccc(Cl)c(Cl)c2)CC1. The molecule has 2 aromatic rings. The third kappa shape index (κ3) is 4.85. The maximum Gasteiger partial charge on any atom is 0.318 e. The molecule has 0 spiro atoms. The van der Waals surface area contributed by atoms with Crippen molar-refractivity contribution in [2.75, 3.05) is 16.9 Å². The van der Waals surface area contributed by atoms with Crippen LogP contribution < -0.4 is 15.6 Å². The van der Waals surface area contributed by atoms with E-state index in [-0.39, 0.29) is 11.6 Å². The molecule has 178 valence electrons. The molecule has 0 saturated heterocycles. The smallest absolute Gasteiger partial charge is 0.318 e. The van der Waals surface area contributed by atoms with Crippen LogP contribution in [0, 0.1) is 11.3 Å². The molecule has 0 radical (unpaired) electrons. The number of hydrazone groups is 1. The van der Waals surface area contributed by atoms with Crippen LogP contribution in [-0.2, 0) is 19.1 Å². The Kier molecular flexibility index (Phi) is 7.02. The predicted octanol–water partition coefficient (Wildman–Crippen LogP) is 4.49. The minimum atomic E-state index is -1.27. The molecular formula is C23H21Cl3N4O4. The lowest BCUT2D eigenvalue weighted by Gasteiger charge is -2.29. The van der Waals surface area contributed by atoms with Crippen LogP contribution in [0.4, 0.5) is 11.4 Å². The molecule has 2 atom stereocenters. The standard InChI is InChI=1S/C23H21Cl3N4O4/c1-2-34-20(31)16-12-27-30(15-5-3-4-13(24)10-15)19(16)29-22(33)23(8-9-23)21(32)28-14-6-7-17(25)18(26)11-14/h3-7,10-12,16,19H,2,8-9H2,1H3,(H,28,32)(H,29,33). The lowest BCUT2D eigenvalue weighted by molar-refractivity contribution is -0.146. The van der Waals surface area contributed by atoms with Crippen LogP contribution in [0.1, 0.15) is 19.8 Å². The zero-order valence-corrected chi connectivity index (χ0v) is 20.3. The first-order valence-corrected chi connectivity index (χ1v) is 11.7. The van der Waals surface area contributed by atoms with Crippen LogP contribution in [0.3, 0.4) is 0 Å². The van der Waals surface area contributed by atoms with Crippen molar-refractivity contribution in [3.05, 3.63) is 57.5 Å². The van der Waals surface area contributed by atoms with E-state index in [0.29, 0.717) is 34.3 Å². The third-order valence-corrected chi connectivity index (χ3v) is 6.64. The minimum Gasteiger partial charge on any atom is -0.465 e. The molecule has 0 bridgehead atoms. The molecule has 1 saturated carbocycles. The van der Waals surface area contributed by atoms with Crippen molar-refractivity contribution in [3.63, 3.8) is 0 Å². The van der Waals surface area contributed by atoms with Crippen LogP contribution in [0.5, 0.6) is 0 Å². The van der Waals surface area contributed by atoms with Crippen molar-refractivity contribution in [2.45, 2.75) is 25.9 Å². The van der Waals surface area contributed by atoms with Gasteiger partial charge in [0.15, 0.2) is 0 Å². The molecule has 1 fully saturated rings. The van der Waals surface area contributed by atoms with Crippen molar-refractivity contribution in [1.29, 1.82) is 0 Å². The van der Waals surface area contributed by atoms with E-state index in [1.54, 1.807) is 43.3 Å². The van der Waals surface area contributed by atoms with Crippen LogP contribution in [0.25, 0.3) is 0 Å². The maximum atomic E-state index is 13.3. The van der Waals surface area contributed by atoms with Gasteiger partial charge in [0.2, 0.25) is 11.8 Å². The Labute approximate surface area is 211 Å². The molecular weight excluding hydrogens is 503 g/mol. The summed E-state index contributed by atoms with van der Waals surface area (Å²) >= 11 is 18.1. The van der Waals surface area contributed by atoms with E-state index < -0.39 is 35.3 Å². The number of rotatable bonds is 7. The molecule has 2 unspecified atom stereocenters. The highest BCUT2D eigenvalue weighted by molar-refractivity contribution is 6.42. The van der Waals surface area contributed by atoms with Gasteiger partial charge >= 0.3 is 5.97 Å². The van der Waals surface area contributed by atoms with Gasteiger partial charge in [0.05, 0.1) is 22.3 Å². The number of carbonyl (C=O) groups is 3. The minimum absolute atomic E-state index is 0.178. The highest BCUT2D eigenvalue weighted by Crippen LogP contribution is 2.47. The molecule has 0 aromatic heterocycles. The second-order valence-electron chi connectivity index (χ2n) is 7.95. The molecule has 1 aliphatic heterocycles. The van der Waals surface area contributed by atoms with Gasteiger partial charge in [-0.25, -0.2) is 5.01 Å². The average molecular weight is 524 g/mol. The van der Waals surface area contributed by atoms with Gasteiger partial charge in [-0.3, -0.25) is 14.4 Å². The van der Waals surface area contributed by atoms with Crippen LogP contribution >= 0.6 is 34.8 Å². The Bertz CT molecular complexity index is 1170. The maximum absolute atomic E-state index is 13.3. The molecule has 2 aromatic carbocycles. The number of halogens is 3. The number of nitrogens with zero attached hydrogens (tertiary/aromatic N) is 2. The van der Waals surface area contributed by atoms with Gasteiger partial charge in [0, 0.05) is 16.9 Å². The summed E-state index contributed by atoms with van der Waals surface area (Å²) in [5.74, 6) is -2.38. The summed E-state index contributed by atoms with van der Waals surface area (Å²) < 4.78 is 5.16. The van der Waals surface area contributed by atoms with Gasteiger partial charge in [0.1, 0.15) is 17.5 Å². The quantitative estimate of drug-likeness (QED) is 0.411. The Hall–Kier alpha value is -2.81. The van der Waals surface area contributed by atoms with Crippen molar-refractivity contribution < 1.29 is 19.1 Å². The third-order valence-electron chi connectivity index (χ3n) is 5.66. The lowest BCUT2D eigenvalue weighted by atomic mass is 10.0. The van der Waals surface area contributed by atoms with Gasteiger partial charge in [-0.1, -0.05) is 40.9 Å². The van der Waals surface area contributed by atoms with Gasteiger partial charge < -0.3 is 15.4 Å². The van der Waals surface area contributed by atoms with Gasteiger partial charge in [-0.05, 0) is 56.2 Å². The van der Waals surface area contributed by atoms with E-state index in [2.05, 4.69) is 15.7 Å². The fourth-order valence-electron chi connectivity index (χ4n) is 3.65. The monoisotopic (exact) mass is 522 g/mol. The number of esters is 1. The first-order chi connectivity index (χ1) is 16.2. The van der Waals surface area contributed by atoms with E-state index in [0.717, 1.165) is 0 Å². The summed E-state index contributed by atoms with van der Waals surface area (Å²) in [6.45, 7) is 1.87. The number of benzene rings is 2. The normalized spacial score (nSPS) is 20.1. The fourth-order valence-corrected chi connectivity index (χ4v) is 4.14. The topological polar surface area (TPSA) is 100 Å². The van der Waals surface area contributed by atoms with Crippen molar-refractivity contribution >= 4 is 70.2 Å². The summed E-state index contributed by atoms with van der Waals surface area (Å²) in [7, 11) is 0. The Morgan fingerprint density at radius 3 is 2.50 bits per heavy atom. The molecule has 2 N–H and O–H groups in total. The Balaban J connectivity index is 1.54. The van der Waals surface area contributed by atoms with Gasteiger partial charge in [-0.15, -0.1) is 0 Å². The summed E-state index contributed by atoms with van der Waals surface area (Å²) in [6, 6.07) is 11.5. The van der Waals surface area contributed by atoms with E-state index in [1.807, 2.05) is 0 Å². The van der Waals surface area contributed by atoms with Crippen LogP contribution in [0.15, 0.2) is 47.6 Å². The van der Waals surface area contributed by atoms with Gasteiger partial charge in [-0.2, -0.15) is 5.10 Å². The highest BCUT2D eigenvalue weighted by atomic mass is 35.5. The summed E-state index contributed by atoms with van der Waals surface area (Å²) in [6.07, 6.45) is 1.25. The summed E-state index contributed by atoms with van der Waals surface area (Å²) in [5, 5.41) is 12.5. The number of hydrogen-bond donors (Lipinski definition) is 2. The average Bonchev–Trinajstić information content (AvgIpc) is 3.52. The number of ether oxygens (including phenoxy) is 1. The molecule has 8 nitrogen and oxygen atoms in total. The van der Waals surface area contributed by atoms with E-state index >= 15 is 0 Å². The second kappa shape index (κ2) is 9.82. The molecule has 2 aliphatic rings. The van der Waals surface area contributed by atoms with E-state index in [9.17, 15) is 14.4 Å². The molecule has 34 heavy (non-hydrogen) atoms. The number of nitrogens with one attached hydrogen (secondary N) is 2. The molecule has 4 rings (SSSR count). The Morgan fingerprint density at radius 1 is 1.09 bits per heavy atom. The summed E-state index contributed by atoms with van der Waals surface area (Å²) in [4.78, 5) is 38.9. The van der Waals surface area contributed by atoms with Gasteiger partial charge in [0.25, 0.3) is 0 Å². The molecule has 1 aliphatic carbocycles. The van der Waals surface area contributed by atoms with Crippen molar-refractivity contribution in [3.8, 4) is 0 Å². The largest absolute Gasteiger partial charge is 0.465 e. The van der Waals surface area contributed by atoms with E-state index in [1.165, 1.54) is 17.3 Å². The highest BCUT2D eigenvalue weighted by Gasteiger charge is 2.58. The van der Waals surface area contributed by atoms with E-state index in [4.69, 9.17) is 39.5 Å². The zero-order valence-electron chi connectivity index (χ0n) is 18.1.